The van der Waals surface area contributed by atoms with E-state index in [4.69, 9.17) is 0 Å². The molecule has 0 radical (unpaired) electrons. The summed E-state index contributed by atoms with van der Waals surface area (Å²) in [6.45, 7) is 3.76. The number of carbonyl (C=O) groups excluding carboxylic acids is 1. The monoisotopic (exact) mass is 430 g/mol. The molecule has 0 saturated carbocycles. The van der Waals surface area contributed by atoms with Crippen molar-refractivity contribution < 1.29 is 26.4 Å². The highest BCUT2D eigenvalue weighted by Gasteiger charge is 2.33. The maximum Gasteiger partial charge on any atom is 0.246 e. The van der Waals surface area contributed by atoms with Crippen LogP contribution in [0.25, 0.3) is 0 Å². The maximum atomic E-state index is 13.9. The molecule has 1 aromatic heterocycles. The van der Waals surface area contributed by atoms with Crippen molar-refractivity contribution in [2.75, 3.05) is 26.2 Å². The highest BCUT2D eigenvalue weighted by atomic mass is 32.2. The summed E-state index contributed by atoms with van der Waals surface area (Å²) < 4.78 is 68.4. The zero-order chi connectivity index (χ0) is 21.5. The van der Waals surface area contributed by atoms with Crippen LogP contribution in [0.3, 0.4) is 0 Å². The molecule has 0 spiro atoms. The molecule has 1 saturated heterocycles. The first kappa shape index (κ1) is 21.3. The predicted octanol–water partition coefficient (Wildman–Crippen LogP) is 1.53. The van der Waals surface area contributed by atoms with Gasteiger partial charge >= 0.3 is 0 Å². The van der Waals surface area contributed by atoms with Crippen LogP contribution >= 0.6 is 0 Å². The van der Waals surface area contributed by atoms with Crippen LogP contribution in [0, 0.1) is 31.3 Å². The molecule has 1 amide bonds. The third-order valence-corrected chi connectivity index (χ3v) is 7.11. The lowest BCUT2D eigenvalue weighted by molar-refractivity contribution is -0.131. The summed E-state index contributed by atoms with van der Waals surface area (Å²) in [6.07, 6.45) is 0.149. The fourth-order valence-corrected chi connectivity index (χ4v) is 4.84. The third-order valence-electron chi connectivity index (χ3n) is 5.20. The number of piperazine rings is 1. The Morgan fingerprint density at radius 1 is 1.07 bits per heavy atom. The summed E-state index contributed by atoms with van der Waals surface area (Å²) >= 11 is 0. The minimum atomic E-state index is -4.35. The molecule has 11 heteroatoms. The van der Waals surface area contributed by atoms with Gasteiger partial charge in [-0.2, -0.15) is 9.40 Å². The van der Waals surface area contributed by atoms with Crippen LogP contribution in [-0.2, 0) is 28.3 Å². The molecule has 2 heterocycles. The fraction of sp³-hybridized carbons (Fsp3) is 0.444. The van der Waals surface area contributed by atoms with Crippen LogP contribution in [0.5, 0.6) is 0 Å². The molecule has 0 N–H and O–H groups in total. The lowest BCUT2D eigenvalue weighted by atomic mass is 10.1. The standard InChI is InChI=1S/C18H21F3N4O3S/c1-11-13(12(2)23(3)22-11)10-16(26)24-6-8-25(9-7-24)29(27,28)15-5-4-14(19)17(20)18(15)21/h4-5H,6-10H2,1-3H3. The topological polar surface area (TPSA) is 75.5 Å². The largest absolute Gasteiger partial charge is 0.340 e. The molecule has 3 rings (SSSR count). The van der Waals surface area contributed by atoms with Crippen molar-refractivity contribution in [3.8, 4) is 0 Å². The molecule has 0 aliphatic carbocycles. The number of rotatable bonds is 4. The first-order valence-corrected chi connectivity index (χ1v) is 10.4. The van der Waals surface area contributed by atoms with Gasteiger partial charge in [0.15, 0.2) is 17.5 Å². The number of hydrogen-bond acceptors (Lipinski definition) is 4. The molecule has 0 bridgehead atoms. The van der Waals surface area contributed by atoms with E-state index >= 15 is 0 Å². The van der Waals surface area contributed by atoms with Gasteiger partial charge in [0.2, 0.25) is 15.9 Å². The Labute approximate surface area is 166 Å². The number of sulfonamides is 1. The van der Waals surface area contributed by atoms with Crippen molar-refractivity contribution in [1.82, 2.24) is 19.0 Å². The van der Waals surface area contributed by atoms with E-state index in [1.165, 1.54) is 4.90 Å². The number of amides is 1. The first-order valence-electron chi connectivity index (χ1n) is 8.94. The van der Waals surface area contributed by atoms with E-state index in [1.807, 2.05) is 13.8 Å². The Kier molecular flexibility index (Phi) is 5.72. The smallest absolute Gasteiger partial charge is 0.246 e. The summed E-state index contributed by atoms with van der Waals surface area (Å²) in [6, 6.07) is 1.28. The van der Waals surface area contributed by atoms with Gasteiger partial charge in [0.1, 0.15) is 4.90 Å². The van der Waals surface area contributed by atoms with E-state index in [0.29, 0.717) is 12.1 Å². The summed E-state index contributed by atoms with van der Waals surface area (Å²) in [7, 11) is -2.56. The van der Waals surface area contributed by atoms with E-state index in [0.717, 1.165) is 21.3 Å². The van der Waals surface area contributed by atoms with E-state index in [2.05, 4.69) is 5.10 Å². The van der Waals surface area contributed by atoms with Crippen LogP contribution in [0.2, 0.25) is 0 Å². The number of nitrogens with zero attached hydrogens (tertiary/aromatic N) is 4. The van der Waals surface area contributed by atoms with Gasteiger partial charge in [0.05, 0.1) is 12.1 Å². The minimum absolute atomic E-state index is 0.0719. The molecule has 29 heavy (non-hydrogen) atoms. The summed E-state index contributed by atoms with van der Waals surface area (Å²) in [4.78, 5) is 13.2. The quantitative estimate of drug-likeness (QED) is 0.690. The highest BCUT2D eigenvalue weighted by Crippen LogP contribution is 2.24. The van der Waals surface area contributed by atoms with Crippen LogP contribution < -0.4 is 0 Å². The van der Waals surface area contributed by atoms with Crippen molar-refractivity contribution in [2.24, 2.45) is 7.05 Å². The maximum absolute atomic E-state index is 13.9. The second kappa shape index (κ2) is 7.79. The van der Waals surface area contributed by atoms with Gasteiger partial charge in [-0.25, -0.2) is 21.6 Å². The van der Waals surface area contributed by atoms with Crippen molar-refractivity contribution in [3.05, 3.63) is 46.5 Å². The molecule has 2 aromatic rings. The van der Waals surface area contributed by atoms with Gasteiger partial charge in [0.25, 0.3) is 0 Å². The molecule has 1 aromatic carbocycles. The third kappa shape index (κ3) is 3.88. The van der Waals surface area contributed by atoms with Crippen LogP contribution in [0.1, 0.15) is 17.0 Å². The van der Waals surface area contributed by atoms with Crippen molar-refractivity contribution in [2.45, 2.75) is 25.2 Å². The van der Waals surface area contributed by atoms with E-state index in [9.17, 15) is 26.4 Å². The SMILES string of the molecule is Cc1nn(C)c(C)c1CC(=O)N1CCN(S(=O)(=O)c2ccc(F)c(F)c2F)CC1. The molecule has 1 aliphatic rings. The number of carbonyl (C=O) groups is 1. The molecule has 1 fully saturated rings. The van der Waals surface area contributed by atoms with Gasteiger partial charge in [-0.3, -0.25) is 9.48 Å². The zero-order valence-electron chi connectivity index (χ0n) is 16.2. The predicted molar refractivity (Wildman–Crippen MR) is 98.0 cm³/mol. The molecule has 1 aliphatic heterocycles. The second-order valence-electron chi connectivity index (χ2n) is 6.91. The van der Waals surface area contributed by atoms with Gasteiger partial charge in [-0.15, -0.1) is 0 Å². The van der Waals surface area contributed by atoms with Crippen LogP contribution in [0.15, 0.2) is 17.0 Å². The second-order valence-corrected chi connectivity index (χ2v) is 8.81. The number of benzene rings is 1. The Balaban J connectivity index is 1.70. The Bertz CT molecular complexity index is 1060. The molecule has 0 unspecified atom stereocenters. The van der Waals surface area contributed by atoms with Gasteiger partial charge < -0.3 is 4.90 Å². The molecule has 158 valence electrons. The van der Waals surface area contributed by atoms with Crippen molar-refractivity contribution >= 4 is 15.9 Å². The molecular weight excluding hydrogens is 409 g/mol. The van der Waals surface area contributed by atoms with E-state index in [-0.39, 0.29) is 38.5 Å². The van der Waals surface area contributed by atoms with Crippen molar-refractivity contribution in [3.63, 3.8) is 0 Å². The summed E-state index contributed by atoms with van der Waals surface area (Å²) in [5.41, 5.74) is 2.47. The summed E-state index contributed by atoms with van der Waals surface area (Å²) in [5, 5.41) is 4.27. The number of aromatic nitrogens is 2. The first-order chi connectivity index (χ1) is 13.5. The Hall–Kier alpha value is -2.40. The number of halogens is 3. The molecule has 0 atom stereocenters. The van der Waals surface area contributed by atoms with E-state index in [1.54, 1.807) is 11.7 Å². The van der Waals surface area contributed by atoms with Gasteiger partial charge in [-0.05, 0) is 26.0 Å². The average molecular weight is 430 g/mol. The Morgan fingerprint density at radius 3 is 2.24 bits per heavy atom. The van der Waals surface area contributed by atoms with Gasteiger partial charge in [-0.1, -0.05) is 0 Å². The van der Waals surface area contributed by atoms with Crippen molar-refractivity contribution in [1.29, 1.82) is 0 Å². The fourth-order valence-electron chi connectivity index (χ4n) is 3.36. The van der Waals surface area contributed by atoms with Crippen LogP contribution in [-0.4, -0.2) is 59.5 Å². The van der Waals surface area contributed by atoms with E-state index < -0.39 is 32.4 Å². The average Bonchev–Trinajstić information content (AvgIpc) is 2.92. The number of hydrogen-bond donors (Lipinski definition) is 0. The normalized spacial score (nSPS) is 15.7. The lowest BCUT2D eigenvalue weighted by Gasteiger charge is -2.34. The molecular formula is C18H21F3N4O3S. The molecule has 7 nitrogen and oxygen atoms in total. The number of aryl methyl sites for hydroxylation is 2. The van der Waals surface area contributed by atoms with Gasteiger partial charge in [0, 0.05) is 44.5 Å². The lowest BCUT2D eigenvalue weighted by Crippen LogP contribution is -2.51. The minimum Gasteiger partial charge on any atom is -0.340 e. The Morgan fingerprint density at radius 2 is 1.69 bits per heavy atom. The van der Waals surface area contributed by atoms with Crippen LogP contribution in [0.4, 0.5) is 13.2 Å². The summed E-state index contributed by atoms with van der Waals surface area (Å²) in [5.74, 6) is -5.20. The highest BCUT2D eigenvalue weighted by molar-refractivity contribution is 7.89. The zero-order valence-corrected chi connectivity index (χ0v) is 17.1.